The molecule has 2 aromatic rings. The van der Waals surface area contributed by atoms with Crippen molar-refractivity contribution in [2.45, 2.75) is 30.2 Å². The van der Waals surface area contributed by atoms with Crippen LogP contribution in [0.25, 0.3) is 0 Å². The Labute approximate surface area is 140 Å². The lowest BCUT2D eigenvalue weighted by Gasteiger charge is -2.25. The van der Waals surface area contributed by atoms with E-state index in [2.05, 4.69) is 12.1 Å². The number of halogens is 1. The molecule has 1 heterocycles. The predicted molar refractivity (Wildman–Crippen MR) is 91.9 cm³/mol. The normalized spacial score (nSPS) is 17.4. The Kier molecular flexibility index (Phi) is 5.34. The van der Waals surface area contributed by atoms with Gasteiger partial charge in [0.25, 0.3) is 0 Å². The molecule has 2 aromatic carbocycles. The van der Waals surface area contributed by atoms with Gasteiger partial charge in [0.05, 0.1) is 6.04 Å². The van der Waals surface area contributed by atoms with Gasteiger partial charge in [-0.2, -0.15) is 0 Å². The predicted octanol–water partition coefficient (Wildman–Crippen LogP) is 4.67. The number of nitrogens with zero attached hydrogens (tertiary/aromatic N) is 1. The van der Waals surface area contributed by atoms with E-state index in [1.54, 1.807) is 12.1 Å². The van der Waals surface area contributed by atoms with Crippen LogP contribution < -0.4 is 0 Å². The molecule has 0 radical (unpaired) electrons. The van der Waals surface area contributed by atoms with Gasteiger partial charge in [-0.25, -0.2) is 4.39 Å². The van der Waals surface area contributed by atoms with Crippen molar-refractivity contribution in [3.05, 3.63) is 66.0 Å². The first-order chi connectivity index (χ1) is 11.3. The van der Waals surface area contributed by atoms with Crippen molar-refractivity contribution >= 4 is 17.7 Å². The molecule has 0 aromatic heterocycles. The van der Waals surface area contributed by atoms with Crippen molar-refractivity contribution in [3.8, 4) is 0 Å². The van der Waals surface area contributed by atoms with Crippen molar-refractivity contribution < 1.29 is 9.18 Å². The number of likely N-dealkylation sites (tertiary alicyclic amines) is 1. The molecule has 2 nitrogen and oxygen atoms in total. The number of carbonyl (C=O) groups excluding carboxylic acids is 1. The van der Waals surface area contributed by atoms with Crippen LogP contribution in [0, 0.1) is 5.82 Å². The SMILES string of the molecule is O=C(CCSc1ccccc1F)N1CCCC1c1ccccc1. The molecule has 1 aliphatic heterocycles. The monoisotopic (exact) mass is 329 g/mol. The highest BCUT2D eigenvalue weighted by Crippen LogP contribution is 2.32. The highest BCUT2D eigenvalue weighted by Gasteiger charge is 2.29. The van der Waals surface area contributed by atoms with E-state index in [1.165, 1.54) is 23.4 Å². The van der Waals surface area contributed by atoms with E-state index in [1.807, 2.05) is 29.2 Å². The quantitative estimate of drug-likeness (QED) is 0.743. The van der Waals surface area contributed by atoms with Gasteiger partial charge in [0.15, 0.2) is 0 Å². The van der Waals surface area contributed by atoms with Gasteiger partial charge in [0.2, 0.25) is 5.91 Å². The Morgan fingerprint density at radius 2 is 1.87 bits per heavy atom. The number of carbonyl (C=O) groups is 1. The fraction of sp³-hybridized carbons (Fsp3) is 0.316. The third-order valence-electron chi connectivity index (χ3n) is 4.17. The van der Waals surface area contributed by atoms with Gasteiger partial charge in [-0.05, 0) is 30.5 Å². The van der Waals surface area contributed by atoms with Crippen LogP contribution in [0.3, 0.4) is 0 Å². The maximum Gasteiger partial charge on any atom is 0.223 e. The summed E-state index contributed by atoms with van der Waals surface area (Å²) < 4.78 is 13.6. The smallest absolute Gasteiger partial charge is 0.223 e. The van der Waals surface area contributed by atoms with Gasteiger partial charge in [0, 0.05) is 23.6 Å². The molecule has 1 unspecified atom stereocenters. The van der Waals surface area contributed by atoms with Crippen LogP contribution >= 0.6 is 11.8 Å². The minimum Gasteiger partial charge on any atom is -0.336 e. The fourth-order valence-corrected chi connectivity index (χ4v) is 3.92. The van der Waals surface area contributed by atoms with E-state index in [4.69, 9.17) is 0 Å². The van der Waals surface area contributed by atoms with Gasteiger partial charge in [-0.1, -0.05) is 42.5 Å². The van der Waals surface area contributed by atoms with Crippen LogP contribution in [0.15, 0.2) is 59.5 Å². The molecule has 0 bridgehead atoms. The van der Waals surface area contributed by atoms with Gasteiger partial charge >= 0.3 is 0 Å². The van der Waals surface area contributed by atoms with Gasteiger partial charge < -0.3 is 4.90 Å². The highest BCUT2D eigenvalue weighted by molar-refractivity contribution is 7.99. The van der Waals surface area contributed by atoms with Crippen molar-refractivity contribution in [3.63, 3.8) is 0 Å². The summed E-state index contributed by atoms with van der Waals surface area (Å²) in [5, 5.41) is 0. The minimum absolute atomic E-state index is 0.167. The van der Waals surface area contributed by atoms with Gasteiger partial charge in [-0.15, -0.1) is 11.8 Å². The first-order valence-corrected chi connectivity index (χ1v) is 8.96. The Morgan fingerprint density at radius 1 is 1.13 bits per heavy atom. The summed E-state index contributed by atoms with van der Waals surface area (Å²) in [6, 6.07) is 17.1. The molecule has 1 atom stereocenters. The number of hydrogen-bond donors (Lipinski definition) is 0. The van der Waals surface area contributed by atoms with Crippen LogP contribution in [-0.2, 0) is 4.79 Å². The summed E-state index contributed by atoms with van der Waals surface area (Å²) in [6.07, 6.45) is 2.52. The molecule has 1 saturated heterocycles. The number of rotatable bonds is 5. The molecule has 1 fully saturated rings. The summed E-state index contributed by atoms with van der Waals surface area (Å²) in [4.78, 5) is 15.1. The summed E-state index contributed by atoms with van der Waals surface area (Å²) >= 11 is 1.41. The Hall–Kier alpha value is -1.81. The maximum absolute atomic E-state index is 13.6. The zero-order valence-corrected chi connectivity index (χ0v) is 13.8. The number of amides is 1. The summed E-state index contributed by atoms with van der Waals surface area (Å²) in [5.74, 6) is 0.561. The van der Waals surface area contributed by atoms with Crippen molar-refractivity contribution in [1.29, 1.82) is 0 Å². The molecule has 0 saturated carbocycles. The Balaban J connectivity index is 1.56. The Bertz CT molecular complexity index is 661. The molecular formula is C19H20FNOS. The zero-order chi connectivity index (χ0) is 16.1. The van der Waals surface area contributed by atoms with E-state index >= 15 is 0 Å². The first kappa shape index (κ1) is 16.1. The number of benzene rings is 2. The van der Waals surface area contributed by atoms with Crippen LogP contribution in [0.1, 0.15) is 30.9 Å². The Morgan fingerprint density at radius 3 is 2.65 bits per heavy atom. The minimum atomic E-state index is -0.215. The lowest BCUT2D eigenvalue weighted by atomic mass is 10.0. The van der Waals surface area contributed by atoms with E-state index < -0.39 is 0 Å². The van der Waals surface area contributed by atoms with Crippen LogP contribution in [0.5, 0.6) is 0 Å². The van der Waals surface area contributed by atoms with Gasteiger partial charge in [-0.3, -0.25) is 4.79 Å². The number of hydrogen-bond acceptors (Lipinski definition) is 2. The second kappa shape index (κ2) is 7.64. The third-order valence-corrected chi connectivity index (χ3v) is 5.22. The van der Waals surface area contributed by atoms with E-state index in [-0.39, 0.29) is 17.8 Å². The van der Waals surface area contributed by atoms with Crippen molar-refractivity contribution in [2.24, 2.45) is 0 Å². The molecule has 3 rings (SSSR count). The summed E-state index contributed by atoms with van der Waals surface area (Å²) in [6.45, 7) is 0.822. The molecule has 4 heteroatoms. The van der Waals surface area contributed by atoms with E-state index in [0.717, 1.165) is 19.4 Å². The van der Waals surface area contributed by atoms with Gasteiger partial charge in [0.1, 0.15) is 5.82 Å². The molecule has 120 valence electrons. The molecule has 1 aliphatic rings. The number of thioether (sulfide) groups is 1. The second-order valence-electron chi connectivity index (χ2n) is 5.68. The largest absolute Gasteiger partial charge is 0.336 e. The highest BCUT2D eigenvalue weighted by atomic mass is 32.2. The van der Waals surface area contributed by atoms with Crippen LogP contribution in [-0.4, -0.2) is 23.1 Å². The summed E-state index contributed by atoms with van der Waals surface area (Å²) in [5.41, 5.74) is 1.21. The molecule has 0 N–H and O–H groups in total. The third kappa shape index (κ3) is 3.94. The molecule has 23 heavy (non-hydrogen) atoms. The van der Waals surface area contributed by atoms with Crippen molar-refractivity contribution in [2.75, 3.05) is 12.3 Å². The van der Waals surface area contributed by atoms with Crippen molar-refractivity contribution in [1.82, 2.24) is 4.90 Å². The fourth-order valence-electron chi connectivity index (χ4n) is 3.04. The molecule has 0 spiro atoms. The van der Waals surface area contributed by atoms with E-state index in [0.29, 0.717) is 17.1 Å². The zero-order valence-electron chi connectivity index (χ0n) is 13.0. The lowest BCUT2D eigenvalue weighted by molar-refractivity contribution is -0.131. The van der Waals surface area contributed by atoms with Crippen LogP contribution in [0.2, 0.25) is 0 Å². The van der Waals surface area contributed by atoms with Crippen LogP contribution in [0.4, 0.5) is 4.39 Å². The topological polar surface area (TPSA) is 20.3 Å². The molecule has 1 amide bonds. The van der Waals surface area contributed by atoms with E-state index in [9.17, 15) is 9.18 Å². The maximum atomic E-state index is 13.6. The molecular weight excluding hydrogens is 309 g/mol. The lowest BCUT2D eigenvalue weighted by Crippen LogP contribution is -2.30. The average Bonchev–Trinajstić information content (AvgIpc) is 3.07. The standard InChI is InChI=1S/C19H20FNOS/c20-16-9-4-5-11-18(16)23-14-12-19(22)21-13-6-10-17(21)15-7-2-1-3-8-15/h1-5,7-9,11,17H,6,10,12-14H2. The second-order valence-corrected chi connectivity index (χ2v) is 6.82. The first-order valence-electron chi connectivity index (χ1n) is 7.97. The average molecular weight is 329 g/mol. The molecule has 0 aliphatic carbocycles. The summed E-state index contributed by atoms with van der Waals surface area (Å²) in [7, 11) is 0.